The van der Waals surface area contributed by atoms with Gasteiger partial charge in [-0.3, -0.25) is 4.79 Å². The number of ether oxygens (including phenoxy) is 2. The highest BCUT2D eigenvalue weighted by Crippen LogP contribution is 2.27. The molecule has 7 heteroatoms. The highest BCUT2D eigenvalue weighted by molar-refractivity contribution is 9.10. The lowest BCUT2D eigenvalue weighted by molar-refractivity contribution is -0.130. The molecule has 2 N–H and O–H groups in total. The number of primary amides is 1. The molecule has 0 spiro atoms. The van der Waals surface area contributed by atoms with Gasteiger partial charge in [0.2, 0.25) is 5.90 Å². The van der Waals surface area contributed by atoms with Crippen LogP contribution in [-0.4, -0.2) is 24.4 Å². The predicted octanol–water partition coefficient (Wildman–Crippen LogP) is 2.66. The summed E-state index contributed by atoms with van der Waals surface area (Å²) >= 11 is 3.36. The molecule has 0 unspecified atom stereocenters. The number of hydrogen-bond donors (Lipinski definition) is 1. The number of hydrogen-bond acceptors (Lipinski definition) is 5. The van der Waals surface area contributed by atoms with Crippen molar-refractivity contribution in [3.05, 3.63) is 69.8 Å². The maximum Gasteiger partial charge on any atom is 0.363 e. The molecular weight excluding hydrogens is 388 g/mol. The Hall–Kier alpha value is -2.93. The summed E-state index contributed by atoms with van der Waals surface area (Å²) in [4.78, 5) is 27.3. The average molecular weight is 401 g/mol. The number of nitrogens with zero attached hydrogens (tertiary/aromatic N) is 1. The van der Waals surface area contributed by atoms with Gasteiger partial charge < -0.3 is 15.2 Å². The Balaban J connectivity index is 1.94. The van der Waals surface area contributed by atoms with Gasteiger partial charge in [-0.15, -0.1) is 0 Å². The van der Waals surface area contributed by atoms with Crippen LogP contribution in [0.4, 0.5) is 0 Å². The number of benzene rings is 2. The predicted molar refractivity (Wildman–Crippen MR) is 95.9 cm³/mol. The zero-order valence-electron chi connectivity index (χ0n) is 12.9. The van der Waals surface area contributed by atoms with Crippen molar-refractivity contribution < 1.29 is 19.1 Å². The van der Waals surface area contributed by atoms with Crippen molar-refractivity contribution in [3.63, 3.8) is 0 Å². The zero-order chi connectivity index (χ0) is 17.8. The summed E-state index contributed by atoms with van der Waals surface area (Å²) in [6.45, 7) is -0.263. The second-order valence-corrected chi connectivity index (χ2v) is 6.05. The second-order valence-electron chi connectivity index (χ2n) is 5.14. The Kier molecular flexibility index (Phi) is 4.95. The van der Waals surface area contributed by atoms with Crippen molar-refractivity contribution in [2.75, 3.05) is 6.61 Å². The van der Waals surface area contributed by atoms with Gasteiger partial charge in [0, 0.05) is 15.6 Å². The minimum absolute atomic E-state index is 0.140. The third kappa shape index (κ3) is 4.13. The molecule has 0 saturated carbocycles. The topological polar surface area (TPSA) is 91.0 Å². The van der Waals surface area contributed by atoms with Crippen LogP contribution in [0.3, 0.4) is 0 Å². The summed E-state index contributed by atoms with van der Waals surface area (Å²) in [6.07, 6.45) is 1.54. The molecule has 0 fully saturated rings. The molecule has 1 amide bonds. The van der Waals surface area contributed by atoms with Gasteiger partial charge in [0.25, 0.3) is 5.91 Å². The first-order chi connectivity index (χ1) is 12.0. The molecule has 0 aliphatic carbocycles. The fourth-order valence-electron chi connectivity index (χ4n) is 2.17. The maximum atomic E-state index is 12.1. The van der Waals surface area contributed by atoms with E-state index in [1.807, 2.05) is 18.2 Å². The van der Waals surface area contributed by atoms with Crippen molar-refractivity contribution in [3.8, 4) is 5.75 Å². The van der Waals surface area contributed by atoms with E-state index in [1.165, 1.54) is 0 Å². The largest absolute Gasteiger partial charge is 0.483 e. The highest BCUT2D eigenvalue weighted by Gasteiger charge is 2.24. The number of nitrogens with two attached hydrogens (primary N) is 1. The van der Waals surface area contributed by atoms with Gasteiger partial charge >= 0.3 is 5.97 Å². The third-order valence-electron chi connectivity index (χ3n) is 3.28. The molecule has 6 nitrogen and oxygen atoms in total. The second kappa shape index (κ2) is 7.31. The maximum absolute atomic E-state index is 12.1. The van der Waals surface area contributed by atoms with Crippen LogP contribution in [0.2, 0.25) is 0 Å². The molecule has 1 heterocycles. The summed E-state index contributed by atoms with van der Waals surface area (Å²) in [5.41, 5.74) is 6.52. The Morgan fingerprint density at radius 2 is 2.00 bits per heavy atom. The van der Waals surface area contributed by atoms with E-state index in [2.05, 4.69) is 20.9 Å². The van der Waals surface area contributed by atoms with Crippen LogP contribution in [0.5, 0.6) is 5.75 Å². The molecule has 25 heavy (non-hydrogen) atoms. The van der Waals surface area contributed by atoms with Crippen LogP contribution in [0, 0.1) is 0 Å². The lowest BCUT2D eigenvalue weighted by atomic mass is 10.1. The van der Waals surface area contributed by atoms with E-state index < -0.39 is 11.9 Å². The summed E-state index contributed by atoms with van der Waals surface area (Å²) in [5, 5.41) is 0. The minimum Gasteiger partial charge on any atom is -0.483 e. The van der Waals surface area contributed by atoms with Gasteiger partial charge in [-0.1, -0.05) is 34.1 Å². The molecule has 1 aliphatic rings. The first kappa shape index (κ1) is 16.9. The number of cyclic esters (lactones) is 1. The number of rotatable bonds is 5. The molecular formula is C18H13BrN2O4. The Morgan fingerprint density at radius 1 is 1.24 bits per heavy atom. The molecule has 2 aromatic carbocycles. The molecule has 2 aromatic rings. The summed E-state index contributed by atoms with van der Waals surface area (Å²) in [6, 6.07) is 14.3. The molecule has 0 radical (unpaired) electrons. The van der Waals surface area contributed by atoms with E-state index in [0.717, 1.165) is 4.47 Å². The van der Waals surface area contributed by atoms with Gasteiger partial charge in [0.1, 0.15) is 5.75 Å². The molecule has 0 bridgehead atoms. The molecule has 0 saturated heterocycles. The van der Waals surface area contributed by atoms with E-state index in [1.54, 1.807) is 36.4 Å². The summed E-state index contributed by atoms with van der Waals surface area (Å²) in [5.74, 6) is -0.497. The van der Waals surface area contributed by atoms with Crippen molar-refractivity contribution in [1.29, 1.82) is 0 Å². The Morgan fingerprint density at radius 3 is 2.72 bits per heavy atom. The lowest BCUT2D eigenvalue weighted by Crippen LogP contribution is -2.20. The SMILES string of the molecule is NC(=O)COc1ccc(Br)cc1C=C1N=C(c2ccccc2)OC1=O. The van der Waals surface area contributed by atoms with Crippen LogP contribution in [0.15, 0.2) is 63.7 Å². The summed E-state index contributed by atoms with van der Waals surface area (Å²) < 4.78 is 11.4. The van der Waals surface area contributed by atoms with Crippen molar-refractivity contribution >= 4 is 39.8 Å². The van der Waals surface area contributed by atoms with Gasteiger partial charge in [-0.05, 0) is 36.4 Å². The van der Waals surface area contributed by atoms with E-state index in [9.17, 15) is 9.59 Å². The number of halogens is 1. The van der Waals surface area contributed by atoms with Crippen LogP contribution in [-0.2, 0) is 14.3 Å². The van der Waals surface area contributed by atoms with E-state index >= 15 is 0 Å². The van der Waals surface area contributed by atoms with Gasteiger partial charge in [-0.2, -0.15) is 0 Å². The van der Waals surface area contributed by atoms with E-state index in [-0.39, 0.29) is 18.2 Å². The molecule has 1 aliphatic heterocycles. The van der Waals surface area contributed by atoms with Crippen LogP contribution < -0.4 is 10.5 Å². The number of carbonyl (C=O) groups excluding carboxylic acids is 2. The number of aliphatic imine (C=N–C) groups is 1. The van der Waals surface area contributed by atoms with Crippen LogP contribution in [0.1, 0.15) is 11.1 Å². The molecule has 3 rings (SSSR count). The standard InChI is InChI=1S/C18H13BrN2O4/c19-13-6-7-15(24-10-16(20)22)12(8-13)9-14-18(23)25-17(21-14)11-4-2-1-3-5-11/h1-9H,10H2,(H2,20,22). The number of carbonyl (C=O) groups is 2. The normalized spacial score (nSPS) is 15.0. The monoisotopic (exact) mass is 400 g/mol. The Bertz CT molecular complexity index is 891. The first-order valence-corrected chi connectivity index (χ1v) is 8.11. The Labute approximate surface area is 152 Å². The zero-order valence-corrected chi connectivity index (χ0v) is 14.5. The van der Waals surface area contributed by atoms with Crippen molar-refractivity contribution in [2.45, 2.75) is 0 Å². The molecule has 0 aromatic heterocycles. The van der Waals surface area contributed by atoms with Gasteiger partial charge in [0.15, 0.2) is 12.3 Å². The number of amides is 1. The van der Waals surface area contributed by atoms with Crippen LogP contribution >= 0.6 is 15.9 Å². The van der Waals surface area contributed by atoms with E-state index in [4.69, 9.17) is 15.2 Å². The first-order valence-electron chi connectivity index (χ1n) is 7.31. The molecule has 0 atom stereocenters. The number of esters is 1. The van der Waals surface area contributed by atoms with Crippen LogP contribution in [0.25, 0.3) is 6.08 Å². The summed E-state index contributed by atoms with van der Waals surface area (Å²) in [7, 11) is 0. The minimum atomic E-state index is -0.591. The van der Waals surface area contributed by atoms with Gasteiger partial charge in [0.05, 0.1) is 0 Å². The van der Waals surface area contributed by atoms with Crippen molar-refractivity contribution in [2.24, 2.45) is 10.7 Å². The molecule has 126 valence electrons. The fourth-order valence-corrected chi connectivity index (χ4v) is 2.55. The van der Waals surface area contributed by atoms with Crippen molar-refractivity contribution in [1.82, 2.24) is 0 Å². The smallest absolute Gasteiger partial charge is 0.363 e. The highest BCUT2D eigenvalue weighted by atomic mass is 79.9. The van der Waals surface area contributed by atoms with E-state index in [0.29, 0.717) is 16.9 Å². The lowest BCUT2D eigenvalue weighted by Gasteiger charge is -2.08. The van der Waals surface area contributed by atoms with Gasteiger partial charge in [-0.25, -0.2) is 9.79 Å². The average Bonchev–Trinajstić information content (AvgIpc) is 2.96. The quantitative estimate of drug-likeness (QED) is 0.616. The fraction of sp³-hybridized carbons (Fsp3) is 0.0556. The third-order valence-corrected chi connectivity index (χ3v) is 3.77.